The zero-order valence-corrected chi connectivity index (χ0v) is 22.0. The Hall–Kier alpha value is -5.54. The maximum absolute atomic E-state index is 6.18. The molecular weight excluding hydrogens is 500 g/mol. The number of hydrogen-bond acceptors (Lipinski definition) is 1. The Morgan fingerprint density at radius 2 is 0.976 bits per heavy atom. The lowest BCUT2D eigenvalue weighted by atomic mass is 10.1. The molecule has 3 heteroatoms. The number of aromatic nitrogens is 2. The fraction of sp³-hybridized carbons (Fsp3) is 0. The van der Waals surface area contributed by atoms with E-state index in [0.717, 1.165) is 27.6 Å². The molecule has 0 spiro atoms. The zero-order chi connectivity index (χ0) is 26.7. The minimum absolute atomic E-state index is 0.911. The molecule has 4 aromatic heterocycles. The van der Waals surface area contributed by atoms with Gasteiger partial charge in [0.05, 0.1) is 27.6 Å². The molecule has 10 aromatic rings. The van der Waals surface area contributed by atoms with E-state index >= 15 is 0 Å². The molecule has 0 radical (unpaired) electrons. The maximum Gasteiger partial charge on any atom is 0.135 e. The van der Waals surface area contributed by atoms with Crippen molar-refractivity contribution in [3.05, 3.63) is 133 Å². The number of benzene rings is 6. The van der Waals surface area contributed by atoms with Gasteiger partial charge in [-0.15, -0.1) is 0 Å². The lowest BCUT2D eigenvalue weighted by molar-refractivity contribution is 0.669. The van der Waals surface area contributed by atoms with Crippen molar-refractivity contribution in [2.24, 2.45) is 0 Å². The van der Waals surface area contributed by atoms with Gasteiger partial charge >= 0.3 is 0 Å². The molecule has 0 aliphatic rings. The molecule has 6 aromatic carbocycles. The molecule has 3 nitrogen and oxygen atoms in total. The van der Waals surface area contributed by atoms with Crippen molar-refractivity contribution in [3.8, 4) is 5.69 Å². The second-order valence-electron chi connectivity index (χ2n) is 11.0. The van der Waals surface area contributed by atoms with E-state index in [1.165, 1.54) is 59.9 Å². The van der Waals surface area contributed by atoms with Gasteiger partial charge in [-0.05, 0) is 53.9 Å². The van der Waals surface area contributed by atoms with Gasteiger partial charge in [-0.25, -0.2) is 0 Å². The smallest absolute Gasteiger partial charge is 0.135 e. The van der Waals surface area contributed by atoms with Gasteiger partial charge in [-0.2, -0.15) is 0 Å². The molecule has 0 bridgehead atoms. The Morgan fingerprint density at radius 3 is 1.80 bits per heavy atom. The van der Waals surface area contributed by atoms with Crippen molar-refractivity contribution in [1.29, 1.82) is 0 Å². The van der Waals surface area contributed by atoms with E-state index in [0.29, 0.717) is 0 Å². The molecule has 10 rings (SSSR count). The second-order valence-corrected chi connectivity index (χ2v) is 11.0. The topological polar surface area (TPSA) is 22.5 Å². The minimum atomic E-state index is 0.911. The monoisotopic (exact) mass is 522 g/mol. The summed E-state index contributed by atoms with van der Waals surface area (Å²) in [5.41, 5.74) is 9.07. The lowest BCUT2D eigenvalue weighted by Crippen LogP contribution is -1.94. The van der Waals surface area contributed by atoms with E-state index in [-0.39, 0.29) is 0 Å². The van der Waals surface area contributed by atoms with Crippen molar-refractivity contribution in [2.45, 2.75) is 0 Å². The molecule has 0 saturated heterocycles. The number of pyridine rings is 1. The second kappa shape index (κ2) is 7.56. The molecule has 4 heterocycles. The number of hydrogen-bond donors (Lipinski definition) is 0. The van der Waals surface area contributed by atoms with E-state index in [1.54, 1.807) is 0 Å². The average molecular weight is 523 g/mol. The predicted molar refractivity (Wildman–Crippen MR) is 172 cm³/mol. The molecule has 0 N–H and O–H groups in total. The summed E-state index contributed by atoms with van der Waals surface area (Å²) in [5.74, 6) is 0. The zero-order valence-electron chi connectivity index (χ0n) is 22.0. The Labute approximate surface area is 234 Å². The number of para-hydroxylation sites is 3. The van der Waals surface area contributed by atoms with Crippen LogP contribution in [0.4, 0.5) is 0 Å². The van der Waals surface area contributed by atoms with Gasteiger partial charge in [0.2, 0.25) is 0 Å². The average Bonchev–Trinajstić information content (AvgIpc) is 3.71. The van der Waals surface area contributed by atoms with Gasteiger partial charge in [0.25, 0.3) is 0 Å². The summed E-state index contributed by atoms with van der Waals surface area (Å²) >= 11 is 0. The third-order valence-corrected chi connectivity index (χ3v) is 8.87. The Kier molecular flexibility index (Phi) is 3.93. The first-order chi connectivity index (χ1) is 20.3. The van der Waals surface area contributed by atoms with Gasteiger partial charge in [-0.3, -0.25) is 0 Å². The van der Waals surface area contributed by atoms with Crippen LogP contribution in [0.2, 0.25) is 0 Å². The first-order valence-corrected chi connectivity index (χ1v) is 14.0. The fourth-order valence-corrected chi connectivity index (χ4v) is 7.16. The SMILES string of the molecule is c1ccc2c(c1)oc1ccc(-n3c4ccccc4c4ccc5c(cc6c7ccccc7c7ccccc7n65)c43)cc12. The largest absolute Gasteiger partial charge is 0.456 e. The molecule has 190 valence electrons. The van der Waals surface area contributed by atoms with Gasteiger partial charge < -0.3 is 13.4 Å². The lowest BCUT2D eigenvalue weighted by Gasteiger charge is -2.10. The molecule has 0 amide bonds. The van der Waals surface area contributed by atoms with E-state index in [4.69, 9.17) is 4.42 Å². The number of fused-ring (bicyclic) bond motifs is 15. The standard InChI is InChI=1S/C38H22N2O/c1-2-11-26-24(9-1)25-10-3-7-15-33(25)40-34-19-18-29-27-12-4-6-14-32(27)39(38(29)31(34)22-35(26)40)23-17-20-37-30(21-23)28-13-5-8-16-36(28)41-37/h1-22H. The first-order valence-electron chi connectivity index (χ1n) is 14.0. The van der Waals surface area contributed by atoms with Gasteiger partial charge in [0.1, 0.15) is 11.2 Å². The predicted octanol–water partition coefficient (Wildman–Crippen LogP) is 10.4. The highest BCUT2D eigenvalue weighted by Crippen LogP contribution is 2.41. The molecule has 0 unspecified atom stereocenters. The van der Waals surface area contributed by atoms with Crippen LogP contribution in [0, 0.1) is 0 Å². The van der Waals surface area contributed by atoms with Gasteiger partial charge in [0, 0.05) is 43.4 Å². The van der Waals surface area contributed by atoms with Crippen LogP contribution < -0.4 is 0 Å². The third kappa shape index (κ3) is 2.68. The van der Waals surface area contributed by atoms with Crippen LogP contribution in [-0.4, -0.2) is 8.97 Å². The highest BCUT2D eigenvalue weighted by Gasteiger charge is 2.19. The van der Waals surface area contributed by atoms with Crippen LogP contribution in [-0.2, 0) is 0 Å². The van der Waals surface area contributed by atoms with Crippen molar-refractivity contribution in [3.63, 3.8) is 0 Å². The maximum atomic E-state index is 6.18. The molecular formula is C38H22N2O. The van der Waals surface area contributed by atoms with E-state index < -0.39 is 0 Å². The van der Waals surface area contributed by atoms with E-state index in [9.17, 15) is 0 Å². The fourth-order valence-electron chi connectivity index (χ4n) is 7.16. The van der Waals surface area contributed by atoms with Crippen LogP contribution in [0.5, 0.6) is 0 Å². The summed E-state index contributed by atoms with van der Waals surface area (Å²) < 4.78 is 11.1. The molecule has 0 atom stereocenters. The third-order valence-electron chi connectivity index (χ3n) is 8.87. The quantitative estimate of drug-likeness (QED) is 0.197. The molecule has 41 heavy (non-hydrogen) atoms. The minimum Gasteiger partial charge on any atom is -0.456 e. The summed E-state index contributed by atoms with van der Waals surface area (Å²) in [7, 11) is 0. The van der Waals surface area contributed by atoms with Crippen LogP contribution in [0.15, 0.2) is 138 Å². The highest BCUT2D eigenvalue weighted by atomic mass is 16.3. The van der Waals surface area contributed by atoms with Crippen molar-refractivity contribution < 1.29 is 4.42 Å². The highest BCUT2D eigenvalue weighted by molar-refractivity contribution is 6.23. The Bertz CT molecular complexity index is 2700. The molecule has 0 saturated carbocycles. The van der Waals surface area contributed by atoms with Crippen LogP contribution in [0.1, 0.15) is 0 Å². The van der Waals surface area contributed by atoms with Crippen LogP contribution in [0.3, 0.4) is 0 Å². The normalized spacial score (nSPS) is 12.4. The summed E-state index contributed by atoms with van der Waals surface area (Å²) in [5, 5.41) is 9.86. The number of rotatable bonds is 1. The summed E-state index contributed by atoms with van der Waals surface area (Å²) in [4.78, 5) is 0. The van der Waals surface area contributed by atoms with E-state index in [1.807, 2.05) is 12.1 Å². The molecule has 0 fully saturated rings. The Balaban J connectivity index is 1.42. The summed E-state index contributed by atoms with van der Waals surface area (Å²) in [6, 6.07) is 48.2. The van der Waals surface area contributed by atoms with Crippen molar-refractivity contribution >= 4 is 81.8 Å². The van der Waals surface area contributed by atoms with Crippen LogP contribution >= 0.6 is 0 Å². The van der Waals surface area contributed by atoms with Crippen LogP contribution in [0.25, 0.3) is 87.5 Å². The van der Waals surface area contributed by atoms with Crippen molar-refractivity contribution in [1.82, 2.24) is 8.97 Å². The summed E-state index contributed by atoms with van der Waals surface area (Å²) in [6.45, 7) is 0. The van der Waals surface area contributed by atoms with Crippen molar-refractivity contribution in [2.75, 3.05) is 0 Å². The van der Waals surface area contributed by atoms with Gasteiger partial charge in [0.15, 0.2) is 0 Å². The van der Waals surface area contributed by atoms with Gasteiger partial charge in [-0.1, -0.05) is 84.9 Å². The summed E-state index contributed by atoms with van der Waals surface area (Å²) in [6.07, 6.45) is 0. The first kappa shape index (κ1) is 21.3. The molecule has 0 aliphatic carbocycles. The van der Waals surface area contributed by atoms with E-state index in [2.05, 4.69) is 130 Å². The Morgan fingerprint density at radius 1 is 0.366 bits per heavy atom. The number of nitrogens with zero attached hydrogens (tertiary/aromatic N) is 2. The number of furan rings is 1. The molecule has 0 aliphatic heterocycles.